The van der Waals surface area contributed by atoms with E-state index in [1.165, 1.54) is 6.08 Å². The maximum absolute atomic E-state index is 14.8. The van der Waals surface area contributed by atoms with E-state index in [2.05, 4.69) is 31.6 Å². The number of hydrogen-bond donors (Lipinski definition) is 6. The van der Waals surface area contributed by atoms with Crippen LogP contribution in [0.3, 0.4) is 0 Å². The van der Waals surface area contributed by atoms with E-state index >= 15 is 0 Å². The Morgan fingerprint density at radius 2 is 1.62 bits per heavy atom. The third kappa shape index (κ3) is 13.4. The summed E-state index contributed by atoms with van der Waals surface area (Å²) in [6.45, 7) is 1.59. The molecule has 0 unspecified atom stereocenters. The molecule has 15 heteroatoms. The van der Waals surface area contributed by atoms with Crippen LogP contribution in [-0.4, -0.2) is 103 Å². The second-order valence-electron chi connectivity index (χ2n) is 15.9. The quantitative estimate of drug-likeness (QED) is 0.122. The van der Waals surface area contributed by atoms with Gasteiger partial charge in [0.25, 0.3) is 0 Å². The van der Waals surface area contributed by atoms with E-state index < -0.39 is 47.0 Å². The van der Waals surface area contributed by atoms with Gasteiger partial charge >= 0.3 is 0 Å². The van der Waals surface area contributed by atoms with Gasteiger partial charge in [0.1, 0.15) is 12.1 Å². The first kappa shape index (κ1) is 45.8. The summed E-state index contributed by atoms with van der Waals surface area (Å²) >= 11 is 0. The normalized spacial score (nSPS) is 21.0. The lowest BCUT2D eigenvalue weighted by Crippen LogP contribution is -2.58. The first-order valence-electron chi connectivity index (χ1n) is 21.4. The van der Waals surface area contributed by atoms with Crippen LogP contribution in [-0.2, 0) is 59.3 Å². The van der Waals surface area contributed by atoms with E-state index in [-0.39, 0.29) is 58.0 Å². The van der Waals surface area contributed by atoms with E-state index in [4.69, 9.17) is 10.5 Å². The van der Waals surface area contributed by atoms with Crippen molar-refractivity contribution in [2.24, 2.45) is 11.1 Å². The standard InChI is InChI=1S/C48H56N8O7/c49-21-26-63-27-24-52-45(60)40-19-23-51-42(57)17-18-44(59)56-25-7-20-48(33-56,30-35-8-2-1-3-9-35)47(62)55-41(28-34-13-15-36(16-14-34)38-12-6-22-50-31-38)46(61)53-32-39-11-5-4-10-37(39)29-43(58)54-40/h1-6,8-18,22,31,40-41H,7,19-21,23-30,32-33,49H2,(H,51,57)(H,52,60)(H,53,61)(H,54,58)(H,55,62)/b18-17+/t40-,41-,48-/m0/s1. The Morgan fingerprint density at radius 1 is 0.841 bits per heavy atom. The molecular weight excluding hydrogens is 801 g/mol. The lowest BCUT2D eigenvalue weighted by molar-refractivity contribution is -0.141. The molecule has 63 heavy (non-hydrogen) atoms. The summed E-state index contributed by atoms with van der Waals surface area (Å²) in [5.41, 5.74) is 9.29. The predicted molar refractivity (Wildman–Crippen MR) is 237 cm³/mol. The van der Waals surface area contributed by atoms with Gasteiger partial charge in [0, 0.05) is 70.2 Å². The molecule has 2 aliphatic rings. The lowest BCUT2D eigenvalue weighted by atomic mass is 9.74. The van der Waals surface area contributed by atoms with Gasteiger partial charge in [-0.05, 0) is 65.1 Å². The molecule has 6 rings (SSSR count). The zero-order valence-corrected chi connectivity index (χ0v) is 35.4. The highest BCUT2D eigenvalue weighted by Crippen LogP contribution is 2.35. The molecule has 1 aromatic heterocycles. The van der Waals surface area contributed by atoms with Crippen molar-refractivity contribution in [3.8, 4) is 11.1 Å². The van der Waals surface area contributed by atoms with Crippen LogP contribution in [0.25, 0.3) is 11.1 Å². The summed E-state index contributed by atoms with van der Waals surface area (Å²) in [6, 6.07) is 26.3. The first-order valence-corrected chi connectivity index (χ1v) is 21.4. The number of benzene rings is 3. The summed E-state index contributed by atoms with van der Waals surface area (Å²) in [6.07, 6.45) is 7.19. The maximum Gasteiger partial charge on any atom is 0.246 e. The molecule has 6 amide bonds. The van der Waals surface area contributed by atoms with E-state index in [1.807, 2.05) is 72.8 Å². The Kier molecular flexibility index (Phi) is 16.7. The molecular formula is C48H56N8O7. The molecule has 330 valence electrons. The van der Waals surface area contributed by atoms with Gasteiger partial charge in [-0.1, -0.05) is 84.9 Å². The number of ether oxygens (including phenoxy) is 1. The van der Waals surface area contributed by atoms with Crippen LogP contribution in [0.5, 0.6) is 0 Å². The number of pyridine rings is 1. The minimum Gasteiger partial charge on any atom is -0.378 e. The molecule has 3 atom stereocenters. The molecule has 1 saturated heterocycles. The van der Waals surface area contributed by atoms with Crippen molar-refractivity contribution in [1.29, 1.82) is 0 Å². The van der Waals surface area contributed by atoms with Crippen LogP contribution < -0.4 is 32.3 Å². The Bertz CT molecular complexity index is 2220. The van der Waals surface area contributed by atoms with Gasteiger partial charge in [0.2, 0.25) is 35.4 Å². The largest absolute Gasteiger partial charge is 0.378 e. The van der Waals surface area contributed by atoms with Crippen LogP contribution in [0, 0.1) is 5.41 Å². The molecule has 1 fully saturated rings. The molecule has 3 aromatic carbocycles. The molecule has 2 bridgehead atoms. The Labute approximate surface area is 367 Å². The number of fused-ring (bicyclic) bond motifs is 3. The van der Waals surface area contributed by atoms with E-state index in [0.717, 1.165) is 28.3 Å². The van der Waals surface area contributed by atoms with E-state index in [9.17, 15) is 28.8 Å². The van der Waals surface area contributed by atoms with Crippen LogP contribution >= 0.6 is 0 Å². The number of carbonyl (C=O) groups is 6. The summed E-state index contributed by atoms with van der Waals surface area (Å²) in [4.78, 5) is 88.5. The molecule has 0 radical (unpaired) electrons. The fraction of sp³-hybridized carbons (Fsp3) is 0.354. The zero-order valence-electron chi connectivity index (χ0n) is 35.4. The van der Waals surface area contributed by atoms with E-state index in [0.29, 0.717) is 50.1 Å². The summed E-state index contributed by atoms with van der Waals surface area (Å²) in [7, 11) is 0. The lowest BCUT2D eigenvalue weighted by Gasteiger charge is -2.42. The van der Waals surface area contributed by atoms with Gasteiger partial charge in [-0.2, -0.15) is 0 Å². The minimum atomic E-state index is -1.10. The number of rotatable bonds is 11. The highest BCUT2D eigenvalue weighted by molar-refractivity contribution is 5.97. The van der Waals surface area contributed by atoms with Gasteiger partial charge in [-0.15, -0.1) is 0 Å². The van der Waals surface area contributed by atoms with Crippen molar-refractivity contribution in [2.75, 3.05) is 45.9 Å². The average Bonchev–Trinajstić information content (AvgIpc) is 3.30. The summed E-state index contributed by atoms with van der Waals surface area (Å²) in [5.74, 6) is -2.71. The molecule has 3 heterocycles. The number of nitrogens with two attached hydrogens (primary N) is 1. The molecule has 7 N–H and O–H groups in total. The van der Waals surface area contributed by atoms with Gasteiger partial charge in [0.15, 0.2) is 0 Å². The number of aromatic nitrogens is 1. The Morgan fingerprint density at radius 3 is 2.38 bits per heavy atom. The molecule has 0 aliphatic carbocycles. The second-order valence-corrected chi connectivity index (χ2v) is 15.9. The SMILES string of the molecule is NCCOCCNC(=O)[C@@H]1CCNC(=O)/C=C/C(=O)N2CCC[C@](Cc3ccccc3)(C2)C(=O)N[C@@H](Cc2ccc(-c3cccnc3)cc2)C(=O)NCc2ccccc2CC(=O)N1. The molecule has 0 saturated carbocycles. The maximum atomic E-state index is 14.8. The molecule has 15 nitrogen and oxygen atoms in total. The number of carbonyl (C=O) groups excluding carboxylic acids is 6. The number of hydrogen-bond acceptors (Lipinski definition) is 9. The summed E-state index contributed by atoms with van der Waals surface area (Å²) < 4.78 is 5.36. The highest BCUT2D eigenvalue weighted by Gasteiger charge is 2.44. The number of amides is 6. The highest BCUT2D eigenvalue weighted by atomic mass is 16.5. The minimum absolute atomic E-state index is 0.0158. The molecule has 4 aromatic rings. The number of nitrogens with one attached hydrogen (secondary N) is 5. The smallest absolute Gasteiger partial charge is 0.246 e. The van der Waals surface area contributed by atoms with Crippen molar-refractivity contribution in [1.82, 2.24) is 36.5 Å². The van der Waals surface area contributed by atoms with Crippen molar-refractivity contribution >= 4 is 35.4 Å². The van der Waals surface area contributed by atoms with Gasteiger partial charge in [-0.3, -0.25) is 33.8 Å². The Hall–Kier alpha value is -6.71. The average molecular weight is 857 g/mol. The van der Waals surface area contributed by atoms with Crippen LogP contribution in [0.2, 0.25) is 0 Å². The van der Waals surface area contributed by atoms with Gasteiger partial charge in [0.05, 0.1) is 25.0 Å². The van der Waals surface area contributed by atoms with Crippen molar-refractivity contribution in [3.05, 3.63) is 138 Å². The van der Waals surface area contributed by atoms with Crippen molar-refractivity contribution in [2.45, 2.75) is 57.2 Å². The first-order chi connectivity index (χ1) is 30.6. The fourth-order valence-electron chi connectivity index (χ4n) is 7.94. The van der Waals surface area contributed by atoms with E-state index in [1.54, 1.807) is 35.5 Å². The topological polar surface area (TPSA) is 214 Å². The molecule has 2 aliphatic heterocycles. The van der Waals surface area contributed by atoms with Crippen LogP contribution in [0.15, 0.2) is 116 Å². The third-order valence-corrected chi connectivity index (χ3v) is 11.3. The third-order valence-electron chi connectivity index (χ3n) is 11.3. The second kappa shape index (κ2) is 22.9. The Balaban J connectivity index is 1.30. The van der Waals surface area contributed by atoms with Crippen molar-refractivity contribution in [3.63, 3.8) is 0 Å². The van der Waals surface area contributed by atoms with Crippen molar-refractivity contribution < 1.29 is 33.5 Å². The monoisotopic (exact) mass is 856 g/mol. The predicted octanol–water partition coefficient (Wildman–Crippen LogP) is 2.14. The van der Waals surface area contributed by atoms with Gasteiger partial charge < -0.3 is 42.0 Å². The number of piperidine rings is 1. The van der Waals surface area contributed by atoms with Crippen LogP contribution in [0.1, 0.15) is 41.5 Å². The fourth-order valence-corrected chi connectivity index (χ4v) is 7.94. The van der Waals surface area contributed by atoms with Crippen LogP contribution in [0.4, 0.5) is 0 Å². The number of nitrogens with zero attached hydrogens (tertiary/aromatic N) is 2. The summed E-state index contributed by atoms with van der Waals surface area (Å²) in [5, 5.41) is 14.4. The molecule has 0 spiro atoms. The zero-order chi connectivity index (χ0) is 44.4. The van der Waals surface area contributed by atoms with Gasteiger partial charge in [-0.25, -0.2) is 0 Å².